The van der Waals surface area contributed by atoms with Crippen molar-refractivity contribution in [2.24, 2.45) is 0 Å². The van der Waals surface area contributed by atoms with Crippen LogP contribution in [0.3, 0.4) is 0 Å². The van der Waals surface area contributed by atoms with Crippen LogP contribution in [0.2, 0.25) is 0 Å². The van der Waals surface area contributed by atoms with E-state index in [0.29, 0.717) is 11.8 Å². The lowest BCUT2D eigenvalue weighted by Gasteiger charge is -2.33. The van der Waals surface area contributed by atoms with E-state index in [0.717, 1.165) is 36.6 Å². The average Bonchev–Trinajstić information content (AvgIpc) is 3.22. The van der Waals surface area contributed by atoms with E-state index in [9.17, 15) is 22.8 Å². The minimum atomic E-state index is -4.57. The number of hydrogen-bond donors (Lipinski definition) is 1. The van der Waals surface area contributed by atoms with Crippen LogP contribution in [0.25, 0.3) is 5.52 Å². The second-order valence-electron chi connectivity index (χ2n) is 8.08. The molecule has 3 aromatic rings. The van der Waals surface area contributed by atoms with Crippen molar-refractivity contribution in [2.75, 3.05) is 18.1 Å². The van der Waals surface area contributed by atoms with Gasteiger partial charge in [0.2, 0.25) is 0 Å². The molecule has 8 nitrogen and oxygen atoms in total. The first-order chi connectivity index (χ1) is 16.1. The molecular formula is C22H21F3N4O4S. The zero-order chi connectivity index (χ0) is 24.3. The maximum absolute atomic E-state index is 12.7. The molecule has 0 unspecified atom stereocenters. The van der Waals surface area contributed by atoms with Crippen LogP contribution in [0.4, 0.5) is 13.2 Å². The number of carbonyl (C=O) groups is 2. The first-order valence-electron chi connectivity index (χ1n) is 10.4. The normalized spacial score (nSPS) is 15.6. The van der Waals surface area contributed by atoms with E-state index < -0.39 is 12.8 Å². The number of pyridine rings is 2. The fourth-order valence-electron chi connectivity index (χ4n) is 3.40. The van der Waals surface area contributed by atoms with E-state index in [1.807, 2.05) is 18.7 Å². The molecule has 0 spiro atoms. The van der Waals surface area contributed by atoms with Crippen molar-refractivity contribution in [1.29, 1.82) is 0 Å². The van der Waals surface area contributed by atoms with Gasteiger partial charge in [-0.3, -0.25) is 9.59 Å². The number of fused-ring (bicyclic) bond motifs is 1. The Morgan fingerprint density at radius 1 is 1.29 bits per heavy atom. The number of aromatic nitrogens is 3. The number of amides is 1. The first-order valence-corrected chi connectivity index (χ1v) is 11.5. The maximum atomic E-state index is 12.7. The summed E-state index contributed by atoms with van der Waals surface area (Å²) < 4.78 is 49.7. The van der Waals surface area contributed by atoms with Crippen LogP contribution in [-0.4, -0.2) is 56.6 Å². The molecule has 12 heteroatoms. The number of rotatable bonds is 7. The number of thioether (sulfide) groups is 1. The lowest BCUT2D eigenvalue weighted by Crippen LogP contribution is -2.48. The molecule has 180 valence electrons. The van der Waals surface area contributed by atoms with Crippen molar-refractivity contribution in [3.8, 4) is 17.4 Å². The molecule has 34 heavy (non-hydrogen) atoms. The highest BCUT2D eigenvalue weighted by Crippen LogP contribution is 2.32. The van der Waals surface area contributed by atoms with Crippen LogP contribution < -0.4 is 14.8 Å². The van der Waals surface area contributed by atoms with E-state index in [4.69, 9.17) is 9.47 Å². The van der Waals surface area contributed by atoms with Gasteiger partial charge in [-0.2, -0.15) is 30.0 Å². The van der Waals surface area contributed by atoms with Gasteiger partial charge in [0.1, 0.15) is 5.75 Å². The minimum absolute atomic E-state index is 0.0386. The molecule has 3 aromatic heterocycles. The summed E-state index contributed by atoms with van der Waals surface area (Å²) in [4.78, 5) is 27.6. The molecule has 0 radical (unpaired) electrons. The molecule has 1 aliphatic heterocycles. The second kappa shape index (κ2) is 9.53. The summed E-state index contributed by atoms with van der Waals surface area (Å²) in [6, 6.07) is 5.79. The number of aldehydes is 1. The molecule has 1 saturated heterocycles. The molecular weight excluding hydrogens is 473 g/mol. The van der Waals surface area contributed by atoms with E-state index in [2.05, 4.69) is 15.4 Å². The summed E-state index contributed by atoms with van der Waals surface area (Å²) in [5.74, 6) is 1.36. The highest BCUT2D eigenvalue weighted by molar-refractivity contribution is 7.99. The number of hydrogen-bond acceptors (Lipinski definition) is 7. The van der Waals surface area contributed by atoms with Crippen LogP contribution >= 0.6 is 11.8 Å². The van der Waals surface area contributed by atoms with Crippen LogP contribution in [0.1, 0.15) is 40.6 Å². The van der Waals surface area contributed by atoms with Crippen molar-refractivity contribution in [3.63, 3.8) is 0 Å². The maximum Gasteiger partial charge on any atom is 0.422 e. The molecule has 1 aliphatic rings. The van der Waals surface area contributed by atoms with Gasteiger partial charge in [-0.1, -0.05) is 0 Å². The largest absolute Gasteiger partial charge is 0.478 e. The molecule has 0 bridgehead atoms. The summed E-state index contributed by atoms with van der Waals surface area (Å²) >= 11 is 1.86. The van der Waals surface area contributed by atoms with Gasteiger partial charge in [-0.25, -0.2) is 9.50 Å². The third-order valence-electron chi connectivity index (χ3n) is 5.26. The van der Waals surface area contributed by atoms with E-state index in [1.54, 1.807) is 18.3 Å². The Balaban J connectivity index is 1.53. The van der Waals surface area contributed by atoms with Gasteiger partial charge in [-0.05, 0) is 49.5 Å². The first kappa shape index (κ1) is 23.9. The second-order valence-corrected chi connectivity index (χ2v) is 9.31. The van der Waals surface area contributed by atoms with Crippen LogP contribution in [0.5, 0.6) is 17.4 Å². The minimum Gasteiger partial charge on any atom is -0.478 e. The smallest absolute Gasteiger partial charge is 0.422 e. The molecule has 0 aromatic carbocycles. The number of alkyl halides is 3. The summed E-state index contributed by atoms with van der Waals surface area (Å²) in [6.07, 6.45) is 0.334. The highest BCUT2D eigenvalue weighted by atomic mass is 32.2. The molecule has 1 amide bonds. The van der Waals surface area contributed by atoms with E-state index in [1.165, 1.54) is 10.6 Å². The third kappa shape index (κ3) is 5.79. The predicted octanol–water partition coefficient (Wildman–Crippen LogP) is 4.29. The molecule has 0 atom stereocenters. The molecule has 1 fully saturated rings. The number of halogens is 3. The summed E-state index contributed by atoms with van der Waals surface area (Å²) in [5, 5.41) is 7.36. The highest BCUT2D eigenvalue weighted by Gasteiger charge is 2.30. The monoisotopic (exact) mass is 494 g/mol. The standard InChI is InChI=1S/C22H21F3N4O4S/c1-21(3-6-34-7-4-21)27-19(31)17-10-15-9-16(2-5-29(15)28-17)33-20-18(32-13-22(23,24)25)8-14(12-30)11-26-20/h2,5,8-12H,3-4,6-7,13H2,1H3,(H,27,31). The fourth-order valence-corrected chi connectivity index (χ4v) is 4.79. The van der Waals surface area contributed by atoms with Crippen molar-refractivity contribution < 1.29 is 32.2 Å². The van der Waals surface area contributed by atoms with Gasteiger partial charge in [-0.15, -0.1) is 0 Å². The summed E-state index contributed by atoms with van der Waals surface area (Å²) in [6.45, 7) is 0.457. The van der Waals surface area contributed by atoms with Gasteiger partial charge in [0.05, 0.1) is 5.52 Å². The van der Waals surface area contributed by atoms with Crippen LogP contribution in [0, 0.1) is 0 Å². The summed E-state index contributed by atoms with van der Waals surface area (Å²) in [7, 11) is 0. The Hall–Kier alpha value is -3.28. The van der Waals surface area contributed by atoms with Crippen molar-refractivity contribution in [2.45, 2.75) is 31.5 Å². The molecule has 0 saturated carbocycles. The quantitative estimate of drug-likeness (QED) is 0.490. The topological polar surface area (TPSA) is 94.8 Å². The molecule has 4 rings (SSSR count). The molecule has 4 heterocycles. The molecule has 1 N–H and O–H groups in total. The van der Waals surface area contributed by atoms with Crippen LogP contribution in [-0.2, 0) is 0 Å². The van der Waals surface area contributed by atoms with E-state index >= 15 is 0 Å². The van der Waals surface area contributed by atoms with Crippen LogP contribution in [0.15, 0.2) is 36.7 Å². The lowest BCUT2D eigenvalue weighted by molar-refractivity contribution is -0.153. The Kier molecular flexibility index (Phi) is 6.69. The zero-order valence-corrected chi connectivity index (χ0v) is 18.9. The number of ether oxygens (including phenoxy) is 2. The summed E-state index contributed by atoms with van der Waals surface area (Å²) in [5.41, 5.74) is 0.531. The Morgan fingerprint density at radius 3 is 2.76 bits per heavy atom. The van der Waals surface area contributed by atoms with E-state index in [-0.39, 0.29) is 40.1 Å². The number of nitrogens with one attached hydrogen (secondary N) is 1. The lowest BCUT2D eigenvalue weighted by atomic mass is 9.94. The Labute approximate surface area is 196 Å². The Bertz CT molecular complexity index is 1210. The fraction of sp³-hybridized carbons (Fsp3) is 0.364. The molecule has 0 aliphatic carbocycles. The third-order valence-corrected chi connectivity index (χ3v) is 6.25. The van der Waals surface area contributed by atoms with Gasteiger partial charge >= 0.3 is 6.18 Å². The van der Waals surface area contributed by atoms with Gasteiger partial charge in [0.25, 0.3) is 11.8 Å². The van der Waals surface area contributed by atoms with Gasteiger partial charge < -0.3 is 14.8 Å². The van der Waals surface area contributed by atoms with Gasteiger partial charge in [0, 0.05) is 29.6 Å². The Morgan fingerprint density at radius 2 is 2.06 bits per heavy atom. The zero-order valence-electron chi connectivity index (χ0n) is 18.1. The average molecular weight is 494 g/mol. The van der Waals surface area contributed by atoms with Crippen molar-refractivity contribution in [3.05, 3.63) is 47.9 Å². The number of carbonyl (C=O) groups excluding carboxylic acids is 2. The SMILES string of the molecule is CC1(NC(=O)c2cc3cc(Oc4ncc(C=O)cc4OCC(F)(F)F)ccn3n2)CCSCC1. The van der Waals surface area contributed by atoms with Crippen molar-refractivity contribution >= 4 is 29.5 Å². The number of nitrogens with zero attached hydrogens (tertiary/aromatic N) is 3. The van der Waals surface area contributed by atoms with Crippen molar-refractivity contribution in [1.82, 2.24) is 19.9 Å². The predicted molar refractivity (Wildman–Crippen MR) is 119 cm³/mol. The van der Waals surface area contributed by atoms with Gasteiger partial charge in [0.15, 0.2) is 24.3 Å².